The lowest BCUT2D eigenvalue weighted by atomic mass is 10.3. The largest absolute Gasteiger partial charge is 0.210 e. The van der Waals surface area contributed by atoms with Crippen LogP contribution in [-0.2, 0) is 0 Å². The molecule has 0 radical (unpaired) electrons. The number of benzene rings is 1. The fourth-order valence-corrected chi connectivity index (χ4v) is 1.55. The highest BCUT2D eigenvalue weighted by molar-refractivity contribution is 6.33. The third-order valence-corrected chi connectivity index (χ3v) is 2.37. The van der Waals surface area contributed by atoms with E-state index in [-0.39, 0.29) is 5.15 Å². The van der Waals surface area contributed by atoms with E-state index < -0.39 is 0 Å². The van der Waals surface area contributed by atoms with Gasteiger partial charge in [0.25, 0.3) is 0 Å². The first-order chi connectivity index (χ1) is 7.86. The summed E-state index contributed by atoms with van der Waals surface area (Å²) in [5.74, 6) is 0. The molecule has 2 heterocycles. The van der Waals surface area contributed by atoms with Crippen molar-refractivity contribution in [3.63, 3.8) is 0 Å². The van der Waals surface area contributed by atoms with E-state index in [2.05, 4.69) is 25.7 Å². The van der Waals surface area contributed by atoms with Gasteiger partial charge in [-0.05, 0) is 17.3 Å². The molecule has 0 fully saturated rings. The van der Waals surface area contributed by atoms with Gasteiger partial charge in [0.1, 0.15) is 0 Å². The van der Waals surface area contributed by atoms with Gasteiger partial charge in [-0.15, -0.1) is 15.3 Å². The molecule has 0 bridgehead atoms. The van der Waals surface area contributed by atoms with Crippen LogP contribution in [-0.4, -0.2) is 30.4 Å². The summed E-state index contributed by atoms with van der Waals surface area (Å²) in [6, 6.07) is 9.51. The van der Waals surface area contributed by atoms with Gasteiger partial charge in [0, 0.05) is 0 Å². The van der Waals surface area contributed by atoms with E-state index in [1.54, 1.807) is 4.68 Å². The van der Waals surface area contributed by atoms with Crippen LogP contribution in [0.25, 0.3) is 16.9 Å². The molecular weight excluding hydrogens is 228 g/mol. The second kappa shape index (κ2) is 3.49. The molecule has 3 rings (SSSR count). The quantitative estimate of drug-likeness (QED) is 0.632. The Morgan fingerprint density at radius 1 is 1.00 bits per heavy atom. The average Bonchev–Trinajstić information content (AvgIpc) is 2.75. The van der Waals surface area contributed by atoms with Crippen LogP contribution >= 0.6 is 11.6 Å². The summed E-state index contributed by atoms with van der Waals surface area (Å²) in [4.78, 5) is 0. The topological polar surface area (TPSA) is 69.4 Å². The molecule has 0 saturated heterocycles. The number of hydrogen-bond donors (Lipinski definition) is 0. The summed E-state index contributed by atoms with van der Waals surface area (Å²) >= 11 is 5.83. The summed E-state index contributed by atoms with van der Waals surface area (Å²) in [5.41, 5.74) is 1.79. The lowest BCUT2D eigenvalue weighted by Gasteiger charge is -1.98. The predicted molar refractivity (Wildman–Crippen MR) is 57.3 cm³/mol. The Hall–Kier alpha value is -2.08. The second-order valence-electron chi connectivity index (χ2n) is 3.09. The first kappa shape index (κ1) is 9.17. The normalized spacial score (nSPS) is 10.8. The zero-order valence-corrected chi connectivity index (χ0v) is 8.70. The number of rotatable bonds is 1. The van der Waals surface area contributed by atoms with Crippen molar-refractivity contribution in [1.29, 1.82) is 0 Å². The zero-order chi connectivity index (χ0) is 11.0. The minimum atomic E-state index is 0.201. The van der Waals surface area contributed by atoms with Crippen LogP contribution < -0.4 is 0 Å². The van der Waals surface area contributed by atoms with Gasteiger partial charge >= 0.3 is 0 Å². The van der Waals surface area contributed by atoms with Gasteiger partial charge < -0.3 is 0 Å². The zero-order valence-electron chi connectivity index (χ0n) is 7.95. The van der Waals surface area contributed by atoms with Crippen molar-refractivity contribution in [3.8, 4) is 5.69 Å². The van der Waals surface area contributed by atoms with Gasteiger partial charge in [0.15, 0.2) is 10.7 Å². The van der Waals surface area contributed by atoms with Crippen LogP contribution in [0.1, 0.15) is 0 Å². The van der Waals surface area contributed by atoms with Crippen molar-refractivity contribution in [2.75, 3.05) is 0 Å². The van der Waals surface area contributed by atoms with Crippen molar-refractivity contribution in [3.05, 3.63) is 35.5 Å². The third kappa shape index (κ3) is 1.31. The summed E-state index contributed by atoms with van der Waals surface area (Å²) in [6.07, 6.45) is 0. The Morgan fingerprint density at radius 3 is 2.62 bits per heavy atom. The number of aromatic nitrogens is 6. The highest BCUT2D eigenvalue weighted by Crippen LogP contribution is 2.17. The van der Waals surface area contributed by atoms with Crippen molar-refractivity contribution >= 4 is 22.8 Å². The maximum Gasteiger partial charge on any atom is 0.210 e. The minimum absolute atomic E-state index is 0.201. The molecule has 0 amide bonds. The lowest BCUT2D eigenvalue weighted by molar-refractivity contribution is 0.803. The highest BCUT2D eigenvalue weighted by atomic mass is 35.5. The Kier molecular flexibility index (Phi) is 2.00. The monoisotopic (exact) mass is 232 g/mol. The standard InChI is InChI=1S/C9H5ClN6/c10-8-7-9(13-14-12-8)16(15-11-7)6-4-2-1-3-5-6/h1-5H. The van der Waals surface area contributed by atoms with E-state index >= 15 is 0 Å². The molecule has 7 heteroatoms. The maximum absolute atomic E-state index is 5.83. The lowest BCUT2D eigenvalue weighted by Crippen LogP contribution is -1.99. The Morgan fingerprint density at radius 2 is 1.81 bits per heavy atom. The van der Waals surface area contributed by atoms with Crippen LogP contribution in [0.4, 0.5) is 0 Å². The summed E-state index contributed by atoms with van der Waals surface area (Å²) in [7, 11) is 0. The predicted octanol–water partition coefficient (Wildman–Crippen LogP) is 1.26. The van der Waals surface area contributed by atoms with Gasteiger partial charge in [-0.25, -0.2) is 0 Å². The van der Waals surface area contributed by atoms with Crippen molar-refractivity contribution in [2.24, 2.45) is 0 Å². The fraction of sp³-hybridized carbons (Fsp3) is 0. The Balaban J connectivity index is 2.30. The van der Waals surface area contributed by atoms with Crippen molar-refractivity contribution < 1.29 is 0 Å². The Labute approximate surface area is 94.9 Å². The number of halogens is 1. The molecule has 0 aliphatic rings. The molecule has 0 atom stereocenters. The molecule has 6 nitrogen and oxygen atoms in total. The maximum atomic E-state index is 5.83. The van der Waals surface area contributed by atoms with Crippen LogP contribution in [0.2, 0.25) is 5.15 Å². The van der Waals surface area contributed by atoms with E-state index in [1.165, 1.54) is 0 Å². The van der Waals surface area contributed by atoms with E-state index in [4.69, 9.17) is 11.6 Å². The SMILES string of the molecule is Clc1nnnc2c1nnn2-c1ccccc1. The Bertz CT molecular complexity index is 635. The number of para-hydroxylation sites is 1. The smallest absolute Gasteiger partial charge is 0.192 e. The molecule has 0 spiro atoms. The molecule has 1 aromatic carbocycles. The number of fused-ring (bicyclic) bond motifs is 1. The van der Waals surface area contributed by atoms with Crippen LogP contribution in [0, 0.1) is 0 Å². The van der Waals surface area contributed by atoms with E-state index in [1.807, 2.05) is 30.3 Å². The molecule has 0 unspecified atom stereocenters. The van der Waals surface area contributed by atoms with E-state index in [9.17, 15) is 0 Å². The number of nitrogens with zero attached hydrogens (tertiary/aromatic N) is 6. The average molecular weight is 233 g/mol. The summed E-state index contributed by atoms with van der Waals surface area (Å²) in [5, 5.41) is 19.1. The van der Waals surface area contributed by atoms with Crippen LogP contribution in [0.15, 0.2) is 30.3 Å². The van der Waals surface area contributed by atoms with Gasteiger partial charge in [-0.1, -0.05) is 35.0 Å². The molecule has 2 aromatic heterocycles. The second-order valence-corrected chi connectivity index (χ2v) is 3.45. The molecule has 0 saturated carbocycles. The fourth-order valence-electron chi connectivity index (χ4n) is 1.39. The summed E-state index contributed by atoms with van der Waals surface area (Å²) in [6.45, 7) is 0. The van der Waals surface area contributed by atoms with Gasteiger partial charge in [-0.2, -0.15) is 4.68 Å². The summed E-state index contributed by atoms with van der Waals surface area (Å²) < 4.78 is 1.57. The van der Waals surface area contributed by atoms with Gasteiger partial charge in [-0.3, -0.25) is 0 Å². The van der Waals surface area contributed by atoms with Crippen molar-refractivity contribution in [1.82, 2.24) is 30.4 Å². The molecule has 16 heavy (non-hydrogen) atoms. The molecule has 3 aromatic rings. The highest BCUT2D eigenvalue weighted by Gasteiger charge is 2.11. The first-order valence-electron chi connectivity index (χ1n) is 4.52. The molecule has 0 aliphatic heterocycles. The molecule has 0 aliphatic carbocycles. The third-order valence-electron chi connectivity index (χ3n) is 2.11. The molecule has 78 valence electrons. The number of hydrogen-bond acceptors (Lipinski definition) is 5. The minimum Gasteiger partial charge on any atom is -0.192 e. The van der Waals surface area contributed by atoms with Crippen molar-refractivity contribution in [2.45, 2.75) is 0 Å². The van der Waals surface area contributed by atoms with Crippen LogP contribution in [0.5, 0.6) is 0 Å². The molecule has 0 N–H and O–H groups in total. The first-order valence-corrected chi connectivity index (χ1v) is 4.90. The van der Waals surface area contributed by atoms with E-state index in [0.717, 1.165) is 5.69 Å². The van der Waals surface area contributed by atoms with Gasteiger partial charge in [0.2, 0.25) is 5.65 Å². The molecular formula is C9H5ClN6. The van der Waals surface area contributed by atoms with Crippen LogP contribution in [0.3, 0.4) is 0 Å². The van der Waals surface area contributed by atoms with Gasteiger partial charge in [0.05, 0.1) is 5.69 Å². The van der Waals surface area contributed by atoms with E-state index in [0.29, 0.717) is 11.2 Å².